The van der Waals surface area contributed by atoms with Crippen molar-refractivity contribution in [2.24, 2.45) is 0 Å². The lowest BCUT2D eigenvalue weighted by Gasteiger charge is -2.20. The molecule has 2 N–H and O–H groups in total. The van der Waals surface area contributed by atoms with Gasteiger partial charge in [0.2, 0.25) is 11.8 Å². The summed E-state index contributed by atoms with van der Waals surface area (Å²) < 4.78 is 0. The highest BCUT2D eigenvalue weighted by atomic mass is 16.2. The Hall–Kier alpha value is -2.66. The van der Waals surface area contributed by atoms with Crippen LogP contribution in [0.4, 0.5) is 11.4 Å². The average molecular weight is 382 g/mol. The molecule has 0 aliphatic heterocycles. The van der Waals surface area contributed by atoms with Gasteiger partial charge >= 0.3 is 0 Å². The van der Waals surface area contributed by atoms with E-state index in [-0.39, 0.29) is 24.9 Å². The SMILES string of the molecule is Cc1cccc(C)c1NC(=O)CN(C)CC(=O)Nc1c(C)cccc1C(C)C. The molecule has 0 bridgehead atoms. The van der Waals surface area contributed by atoms with E-state index in [2.05, 4.69) is 24.5 Å². The van der Waals surface area contributed by atoms with E-state index in [1.165, 1.54) is 0 Å². The van der Waals surface area contributed by atoms with Crippen LogP contribution >= 0.6 is 0 Å². The lowest BCUT2D eigenvalue weighted by molar-refractivity contribution is -0.119. The Balaban J connectivity index is 1.95. The van der Waals surface area contributed by atoms with E-state index in [1.807, 2.05) is 57.2 Å². The topological polar surface area (TPSA) is 61.4 Å². The number of hydrogen-bond donors (Lipinski definition) is 2. The first-order valence-electron chi connectivity index (χ1n) is 9.63. The van der Waals surface area contributed by atoms with Gasteiger partial charge in [-0.05, 0) is 56.0 Å². The van der Waals surface area contributed by atoms with Gasteiger partial charge in [0.25, 0.3) is 0 Å². The van der Waals surface area contributed by atoms with Gasteiger partial charge in [-0.25, -0.2) is 0 Å². The number of nitrogens with zero attached hydrogens (tertiary/aromatic N) is 1. The summed E-state index contributed by atoms with van der Waals surface area (Å²) in [6, 6.07) is 11.9. The normalized spacial score (nSPS) is 11.0. The molecular weight excluding hydrogens is 350 g/mol. The third-order valence-corrected chi connectivity index (χ3v) is 4.76. The number of nitrogens with one attached hydrogen (secondary N) is 2. The zero-order valence-electron chi connectivity index (χ0n) is 17.7. The Morgan fingerprint density at radius 1 is 0.821 bits per heavy atom. The van der Waals surface area contributed by atoms with Crippen molar-refractivity contribution in [3.8, 4) is 0 Å². The van der Waals surface area contributed by atoms with Crippen LogP contribution in [0, 0.1) is 20.8 Å². The summed E-state index contributed by atoms with van der Waals surface area (Å²) in [6.07, 6.45) is 0. The fourth-order valence-corrected chi connectivity index (χ4v) is 3.26. The minimum absolute atomic E-state index is 0.126. The van der Waals surface area contributed by atoms with Crippen LogP contribution in [0.1, 0.15) is 42.0 Å². The second-order valence-electron chi connectivity index (χ2n) is 7.73. The van der Waals surface area contributed by atoms with Gasteiger partial charge in [-0.15, -0.1) is 0 Å². The maximum atomic E-state index is 12.5. The number of anilines is 2. The van der Waals surface area contributed by atoms with Crippen LogP contribution in [0.3, 0.4) is 0 Å². The number of benzene rings is 2. The predicted molar refractivity (Wildman–Crippen MR) is 116 cm³/mol. The summed E-state index contributed by atoms with van der Waals surface area (Å²) in [7, 11) is 1.77. The van der Waals surface area contributed by atoms with Gasteiger partial charge in [-0.3, -0.25) is 14.5 Å². The zero-order chi connectivity index (χ0) is 20.8. The number of likely N-dealkylation sites (N-methyl/N-ethyl adjacent to an activating group) is 1. The highest BCUT2D eigenvalue weighted by Gasteiger charge is 2.15. The van der Waals surface area contributed by atoms with E-state index in [0.717, 1.165) is 33.6 Å². The lowest BCUT2D eigenvalue weighted by Crippen LogP contribution is -2.36. The Labute approximate surface area is 168 Å². The summed E-state index contributed by atoms with van der Waals surface area (Å²) in [5.41, 5.74) is 5.91. The second kappa shape index (κ2) is 9.51. The molecule has 2 rings (SSSR count). The molecule has 28 heavy (non-hydrogen) atoms. The number of aryl methyl sites for hydroxylation is 3. The molecule has 0 radical (unpaired) electrons. The molecule has 5 heteroatoms. The summed E-state index contributed by atoms with van der Waals surface area (Å²) in [6.45, 7) is 10.4. The molecule has 0 heterocycles. The van der Waals surface area contributed by atoms with Crippen molar-refractivity contribution < 1.29 is 9.59 Å². The van der Waals surface area contributed by atoms with Crippen molar-refractivity contribution in [1.29, 1.82) is 0 Å². The first-order chi connectivity index (χ1) is 13.2. The van der Waals surface area contributed by atoms with Crippen LogP contribution in [0.15, 0.2) is 36.4 Å². The van der Waals surface area contributed by atoms with E-state index in [1.54, 1.807) is 11.9 Å². The van der Waals surface area contributed by atoms with Crippen molar-refractivity contribution in [2.45, 2.75) is 40.5 Å². The summed E-state index contributed by atoms with van der Waals surface area (Å²) >= 11 is 0. The third kappa shape index (κ3) is 5.67. The Kier molecular flexibility index (Phi) is 7.35. The monoisotopic (exact) mass is 381 g/mol. The number of hydrogen-bond acceptors (Lipinski definition) is 3. The maximum absolute atomic E-state index is 12.5. The summed E-state index contributed by atoms with van der Waals surface area (Å²) in [5, 5.41) is 5.97. The van der Waals surface area contributed by atoms with E-state index < -0.39 is 0 Å². The van der Waals surface area contributed by atoms with Crippen molar-refractivity contribution in [1.82, 2.24) is 4.90 Å². The minimum Gasteiger partial charge on any atom is -0.324 e. The molecule has 2 aromatic rings. The van der Waals surface area contributed by atoms with Gasteiger partial charge in [0.15, 0.2) is 0 Å². The Bertz CT molecular complexity index is 839. The van der Waals surface area contributed by atoms with E-state index in [9.17, 15) is 9.59 Å². The van der Waals surface area contributed by atoms with Crippen molar-refractivity contribution in [3.05, 3.63) is 58.7 Å². The molecule has 0 atom stereocenters. The van der Waals surface area contributed by atoms with Crippen LogP contribution in [-0.2, 0) is 9.59 Å². The quantitative estimate of drug-likeness (QED) is 0.754. The van der Waals surface area contributed by atoms with Gasteiger partial charge in [0.1, 0.15) is 0 Å². The minimum atomic E-state index is -0.133. The number of para-hydroxylation sites is 2. The fraction of sp³-hybridized carbons (Fsp3) is 0.391. The molecule has 2 aromatic carbocycles. The molecule has 2 amide bonds. The molecule has 0 aliphatic carbocycles. The van der Waals surface area contributed by atoms with Crippen LogP contribution in [0.25, 0.3) is 0 Å². The smallest absolute Gasteiger partial charge is 0.238 e. The van der Waals surface area contributed by atoms with Gasteiger partial charge in [-0.2, -0.15) is 0 Å². The lowest BCUT2D eigenvalue weighted by atomic mass is 9.98. The van der Waals surface area contributed by atoms with E-state index in [4.69, 9.17) is 0 Å². The Morgan fingerprint density at radius 2 is 1.25 bits per heavy atom. The molecule has 0 spiro atoms. The van der Waals surface area contributed by atoms with E-state index in [0.29, 0.717) is 5.92 Å². The second-order valence-corrected chi connectivity index (χ2v) is 7.73. The van der Waals surface area contributed by atoms with Crippen LogP contribution < -0.4 is 10.6 Å². The largest absolute Gasteiger partial charge is 0.324 e. The van der Waals surface area contributed by atoms with Gasteiger partial charge in [0.05, 0.1) is 13.1 Å². The maximum Gasteiger partial charge on any atom is 0.238 e. The van der Waals surface area contributed by atoms with Gasteiger partial charge in [-0.1, -0.05) is 50.2 Å². The molecule has 0 saturated heterocycles. The molecule has 5 nitrogen and oxygen atoms in total. The average Bonchev–Trinajstić information content (AvgIpc) is 2.59. The van der Waals surface area contributed by atoms with Crippen molar-refractivity contribution in [3.63, 3.8) is 0 Å². The van der Waals surface area contributed by atoms with Crippen molar-refractivity contribution in [2.75, 3.05) is 30.8 Å². The number of carbonyl (C=O) groups excluding carboxylic acids is 2. The summed E-state index contributed by atoms with van der Waals surface area (Å²) in [5.74, 6) is 0.0566. The standard InChI is InChI=1S/C23H31N3O2/c1-15(2)19-12-8-11-18(5)23(19)25-21(28)14-26(6)13-20(27)24-22-16(3)9-7-10-17(22)4/h7-12,15H,13-14H2,1-6H3,(H,24,27)(H,25,28). The zero-order valence-corrected chi connectivity index (χ0v) is 17.7. The predicted octanol–water partition coefficient (Wildman–Crippen LogP) is 4.24. The number of rotatable bonds is 7. The van der Waals surface area contributed by atoms with Crippen molar-refractivity contribution >= 4 is 23.2 Å². The fourth-order valence-electron chi connectivity index (χ4n) is 3.26. The molecule has 150 valence electrons. The first-order valence-corrected chi connectivity index (χ1v) is 9.63. The van der Waals surface area contributed by atoms with E-state index >= 15 is 0 Å². The van der Waals surface area contributed by atoms with Crippen LogP contribution in [-0.4, -0.2) is 36.9 Å². The molecule has 0 aliphatic rings. The highest BCUT2D eigenvalue weighted by Crippen LogP contribution is 2.27. The summed E-state index contributed by atoms with van der Waals surface area (Å²) in [4.78, 5) is 26.6. The first kappa shape index (κ1) is 21.6. The molecule has 0 saturated carbocycles. The van der Waals surface area contributed by atoms with Gasteiger partial charge < -0.3 is 10.6 Å². The Morgan fingerprint density at radius 3 is 1.75 bits per heavy atom. The molecule has 0 fully saturated rings. The highest BCUT2D eigenvalue weighted by molar-refractivity contribution is 5.96. The van der Waals surface area contributed by atoms with Crippen LogP contribution in [0.2, 0.25) is 0 Å². The number of amides is 2. The third-order valence-electron chi connectivity index (χ3n) is 4.76. The number of carbonyl (C=O) groups is 2. The van der Waals surface area contributed by atoms with Gasteiger partial charge in [0, 0.05) is 11.4 Å². The van der Waals surface area contributed by atoms with Crippen LogP contribution in [0.5, 0.6) is 0 Å². The molecule has 0 aromatic heterocycles. The molecule has 0 unspecified atom stereocenters. The molecular formula is C23H31N3O2.